The molecule has 0 fully saturated rings. The van der Waals surface area contributed by atoms with E-state index in [1.54, 1.807) is 0 Å². The minimum absolute atomic E-state index is 0.0259. The zero-order valence-electron chi connectivity index (χ0n) is 6.41. The molecule has 2 N–H and O–H groups in total. The third-order valence-corrected chi connectivity index (χ3v) is 0.949. The van der Waals surface area contributed by atoms with Gasteiger partial charge in [-0.3, -0.25) is 0 Å². The number of carboxylic acid groups (broad SMARTS) is 1. The van der Waals surface area contributed by atoms with Crippen LogP contribution in [0.2, 0.25) is 0 Å². The first-order valence-electron chi connectivity index (χ1n) is 3.39. The molecule has 0 aliphatic carbocycles. The Labute approximate surface area is 65.1 Å². The number of aliphatic hydroxyl groups is 1. The van der Waals surface area contributed by atoms with Gasteiger partial charge in [-0.05, 0) is 12.5 Å². The Kier molecular flexibility index (Phi) is 5.20. The fourth-order valence-corrected chi connectivity index (χ4v) is 0.549. The highest BCUT2D eigenvalue weighted by atomic mass is 16.5. The molecule has 0 amide bonds. The molecule has 0 saturated carbocycles. The van der Waals surface area contributed by atoms with Gasteiger partial charge in [-0.2, -0.15) is 0 Å². The molecular formula is C7H12O4. The Morgan fingerprint density at radius 3 is 2.64 bits per heavy atom. The SMILES string of the molecule is CC/C=C(/OCCO)C(=O)O. The van der Waals surface area contributed by atoms with E-state index in [2.05, 4.69) is 0 Å². The minimum atomic E-state index is -1.10. The summed E-state index contributed by atoms with van der Waals surface area (Å²) in [5.74, 6) is -1.19. The number of aliphatic carboxylic acids is 1. The first kappa shape index (κ1) is 9.97. The Morgan fingerprint density at radius 2 is 2.27 bits per heavy atom. The van der Waals surface area contributed by atoms with Crippen molar-refractivity contribution in [3.63, 3.8) is 0 Å². The molecule has 0 heterocycles. The second-order valence-electron chi connectivity index (χ2n) is 1.85. The van der Waals surface area contributed by atoms with E-state index >= 15 is 0 Å². The maximum absolute atomic E-state index is 10.3. The summed E-state index contributed by atoms with van der Waals surface area (Å²) in [6, 6.07) is 0. The molecule has 0 aliphatic rings. The van der Waals surface area contributed by atoms with Crippen molar-refractivity contribution in [3.8, 4) is 0 Å². The summed E-state index contributed by atoms with van der Waals surface area (Å²) >= 11 is 0. The Bertz CT molecular complexity index is 151. The van der Waals surface area contributed by atoms with Gasteiger partial charge in [0.1, 0.15) is 6.61 Å². The van der Waals surface area contributed by atoms with E-state index in [9.17, 15) is 4.79 Å². The second-order valence-corrected chi connectivity index (χ2v) is 1.85. The summed E-state index contributed by atoms with van der Waals surface area (Å²) in [7, 11) is 0. The lowest BCUT2D eigenvalue weighted by atomic mass is 10.4. The van der Waals surface area contributed by atoms with Gasteiger partial charge in [0, 0.05) is 0 Å². The van der Waals surface area contributed by atoms with E-state index < -0.39 is 5.97 Å². The smallest absolute Gasteiger partial charge is 0.370 e. The van der Waals surface area contributed by atoms with Crippen molar-refractivity contribution in [2.24, 2.45) is 0 Å². The fraction of sp³-hybridized carbons (Fsp3) is 0.571. The molecule has 0 atom stereocenters. The molecule has 0 aromatic carbocycles. The predicted molar refractivity (Wildman–Crippen MR) is 39.0 cm³/mol. The number of rotatable bonds is 5. The lowest BCUT2D eigenvalue weighted by molar-refractivity contribution is -0.136. The van der Waals surface area contributed by atoms with Gasteiger partial charge >= 0.3 is 5.97 Å². The van der Waals surface area contributed by atoms with E-state index in [0.29, 0.717) is 6.42 Å². The van der Waals surface area contributed by atoms with Crippen LogP contribution >= 0.6 is 0 Å². The van der Waals surface area contributed by atoms with Crippen LogP contribution in [0.3, 0.4) is 0 Å². The molecule has 0 rings (SSSR count). The number of carbonyl (C=O) groups is 1. The predicted octanol–water partition coefficient (Wildman–Crippen LogP) is 0.374. The van der Waals surface area contributed by atoms with Crippen LogP contribution < -0.4 is 0 Å². The lowest BCUT2D eigenvalue weighted by Gasteiger charge is -2.02. The number of hydrogen-bond acceptors (Lipinski definition) is 3. The van der Waals surface area contributed by atoms with Gasteiger partial charge in [-0.25, -0.2) is 4.79 Å². The zero-order chi connectivity index (χ0) is 8.69. The largest absolute Gasteiger partial charge is 0.484 e. The standard InChI is InChI=1S/C7H12O4/c1-2-3-6(7(9)10)11-5-4-8/h3,8H,2,4-5H2,1H3,(H,9,10)/b6-3+. The van der Waals surface area contributed by atoms with Crippen LogP contribution in [-0.4, -0.2) is 29.4 Å². The number of carboxylic acids is 1. The number of hydrogen-bond donors (Lipinski definition) is 2. The number of ether oxygens (including phenoxy) is 1. The minimum Gasteiger partial charge on any atom is -0.484 e. The van der Waals surface area contributed by atoms with Gasteiger partial charge in [0.25, 0.3) is 0 Å². The van der Waals surface area contributed by atoms with Crippen molar-refractivity contribution >= 4 is 5.97 Å². The summed E-state index contributed by atoms with van der Waals surface area (Å²) in [5, 5.41) is 16.8. The van der Waals surface area contributed by atoms with Crippen molar-refractivity contribution in [2.75, 3.05) is 13.2 Å². The molecule has 0 aromatic heterocycles. The van der Waals surface area contributed by atoms with Crippen molar-refractivity contribution < 1.29 is 19.7 Å². The van der Waals surface area contributed by atoms with Gasteiger partial charge in [-0.15, -0.1) is 0 Å². The molecule has 4 nitrogen and oxygen atoms in total. The van der Waals surface area contributed by atoms with Crippen LogP contribution in [0.1, 0.15) is 13.3 Å². The zero-order valence-corrected chi connectivity index (χ0v) is 6.41. The lowest BCUT2D eigenvalue weighted by Crippen LogP contribution is -2.07. The molecule has 11 heavy (non-hydrogen) atoms. The van der Waals surface area contributed by atoms with Crippen LogP contribution in [0.25, 0.3) is 0 Å². The highest BCUT2D eigenvalue weighted by Gasteiger charge is 2.05. The van der Waals surface area contributed by atoms with E-state index in [-0.39, 0.29) is 19.0 Å². The molecule has 0 radical (unpaired) electrons. The Hall–Kier alpha value is -1.03. The Balaban J connectivity index is 3.90. The highest BCUT2D eigenvalue weighted by molar-refractivity contribution is 5.84. The average molecular weight is 160 g/mol. The third-order valence-electron chi connectivity index (χ3n) is 0.949. The topological polar surface area (TPSA) is 66.8 Å². The molecule has 0 aromatic rings. The molecule has 0 unspecified atom stereocenters. The molecule has 0 aliphatic heterocycles. The normalized spacial score (nSPS) is 11.3. The van der Waals surface area contributed by atoms with Crippen molar-refractivity contribution in [1.82, 2.24) is 0 Å². The summed E-state index contributed by atoms with van der Waals surface area (Å²) in [6.45, 7) is 1.66. The van der Waals surface area contributed by atoms with Crippen LogP contribution in [0.4, 0.5) is 0 Å². The van der Waals surface area contributed by atoms with E-state index in [4.69, 9.17) is 14.9 Å². The molecular weight excluding hydrogens is 148 g/mol. The van der Waals surface area contributed by atoms with Gasteiger partial charge < -0.3 is 14.9 Å². The highest BCUT2D eigenvalue weighted by Crippen LogP contribution is 1.98. The summed E-state index contributed by atoms with van der Waals surface area (Å²) in [4.78, 5) is 10.3. The van der Waals surface area contributed by atoms with Gasteiger partial charge in [0.15, 0.2) is 5.76 Å². The third kappa shape index (κ3) is 4.38. The van der Waals surface area contributed by atoms with Crippen molar-refractivity contribution in [1.29, 1.82) is 0 Å². The summed E-state index contributed by atoms with van der Waals surface area (Å²) in [5.41, 5.74) is 0. The van der Waals surface area contributed by atoms with Crippen molar-refractivity contribution in [3.05, 3.63) is 11.8 Å². The van der Waals surface area contributed by atoms with Gasteiger partial charge in [-0.1, -0.05) is 6.92 Å². The van der Waals surface area contributed by atoms with Gasteiger partial charge in [0.05, 0.1) is 6.61 Å². The maximum Gasteiger partial charge on any atom is 0.370 e. The average Bonchev–Trinajstić information content (AvgIpc) is 1.97. The van der Waals surface area contributed by atoms with E-state index in [1.165, 1.54) is 6.08 Å². The summed E-state index contributed by atoms with van der Waals surface area (Å²) < 4.78 is 4.70. The monoisotopic (exact) mass is 160 g/mol. The van der Waals surface area contributed by atoms with Crippen LogP contribution in [0, 0.1) is 0 Å². The molecule has 4 heteroatoms. The van der Waals surface area contributed by atoms with E-state index in [1.807, 2.05) is 6.92 Å². The molecule has 64 valence electrons. The molecule has 0 saturated heterocycles. The van der Waals surface area contributed by atoms with Crippen LogP contribution in [-0.2, 0) is 9.53 Å². The maximum atomic E-state index is 10.3. The van der Waals surface area contributed by atoms with E-state index in [0.717, 1.165) is 0 Å². The molecule has 0 spiro atoms. The first-order chi connectivity index (χ1) is 5.22. The van der Waals surface area contributed by atoms with Crippen LogP contribution in [0.5, 0.6) is 0 Å². The number of allylic oxidation sites excluding steroid dienone is 1. The second kappa shape index (κ2) is 5.73. The van der Waals surface area contributed by atoms with Crippen LogP contribution in [0.15, 0.2) is 11.8 Å². The summed E-state index contributed by atoms with van der Waals surface area (Å²) in [6.07, 6.45) is 2.06. The van der Waals surface area contributed by atoms with Gasteiger partial charge in [0.2, 0.25) is 0 Å². The number of aliphatic hydroxyl groups excluding tert-OH is 1. The van der Waals surface area contributed by atoms with Crippen molar-refractivity contribution in [2.45, 2.75) is 13.3 Å². The quantitative estimate of drug-likeness (QED) is 0.450. The fourth-order valence-electron chi connectivity index (χ4n) is 0.549. The Morgan fingerprint density at radius 1 is 1.64 bits per heavy atom. The molecule has 0 bridgehead atoms. The first-order valence-corrected chi connectivity index (χ1v) is 3.39.